The summed E-state index contributed by atoms with van der Waals surface area (Å²) in [6.07, 6.45) is 2.13. The number of benzene rings is 1. The third-order valence-corrected chi connectivity index (χ3v) is 5.59. The van der Waals surface area contributed by atoms with Gasteiger partial charge in [-0.15, -0.1) is 0 Å². The summed E-state index contributed by atoms with van der Waals surface area (Å²) >= 11 is 10.8. The van der Waals surface area contributed by atoms with Gasteiger partial charge in [-0.25, -0.2) is 13.1 Å². The second-order valence-corrected chi connectivity index (χ2v) is 7.69. The maximum atomic E-state index is 12.3. The Hall–Kier alpha value is -0.730. The molecule has 0 amide bonds. The Bertz CT molecular complexity index is 641. The molecule has 0 saturated heterocycles. The van der Waals surface area contributed by atoms with Crippen molar-refractivity contribution in [2.24, 2.45) is 5.73 Å². The van der Waals surface area contributed by atoms with Gasteiger partial charge in [-0.2, -0.15) is 0 Å². The van der Waals surface area contributed by atoms with Gasteiger partial charge in [0.1, 0.15) is 4.99 Å². The molecule has 1 fully saturated rings. The number of aliphatic hydroxyl groups excluding tert-OH is 1. The molecule has 116 valence electrons. The third kappa shape index (κ3) is 4.14. The van der Waals surface area contributed by atoms with Crippen LogP contribution in [-0.2, 0) is 10.0 Å². The summed E-state index contributed by atoms with van der Waals surface area (Å²) in [5, 5.41) is 9.65. The van der Waals surface area contributed by atoms with Gasteiger partial charge in [0.15, 0.2) is 0 Å². The number of sulfonamides is 1. The topological polar surface area (TPSA) is 92.4 Å². The molecule has 1 saturated carbocycles. The third-order valence-electron chi connectivity index (χ3n) is 3.53. The number of aliphatic hydroxyl groups is 1. The van der Waals surface area contributed by atoms with Crippen LogP contribution in [0.1, 0.15) is 31.2 Å². The minimum absolute atomic E-state index is 0.0821. The summed E-state index contributed by atoms with van der Waals surface area (Å²) in [5.41, 5.74) is 5.94. The average Bonchev–Trinajstić information content (AvgIpc) is 2.40. The Balaban J connectivity index is 2.16. The van der Waals surface area contributed by atoms with Crippen LogP contribution >= 0.6 is 23.8 Å². The molecule has 8 heteroatoms. The van der Waals surface area contributed by atoms with Crippen LogP contribution in [0.3, 0.4) is 0 Å². The first kappa shape index (κ1) is 16.6. The van der Waals surface area contributed by atoms with Crippen molar-refractivity contribution in [1.29, 1.82) is 0 Å². The van der Waals surface area contributed by atoms with E-state index < -0.39 is 10.0 Å². The van der Waals surface area contributed by atoms with Gasteiger partial charge in [0.25, 0.3) is 0 Å². The summed E-state index contributed by atoms with van der Waals surface area (Å²) in [6.45, 7) is 0. The predicted octanol–water partition coefficient (Wildman–Crippen LogP) is 1.56. The summed E-state index contributed by atoms with van der Waals surface area (Å²) in [4.78, 5) is 0.205. The van der Waals surface area contributed by atoms with Crippen molar-refractivity contribution in [3.63, 3.8) is 0 Å². The van der Waals surface area contributed by atoms with E-state index in [4.69, 9.17) is 29.6 Å². The molecule has 0 radical (unpaired) electrons. The van der Waals surface area contributed by atoms with Crippen LogP contribution in [0.2, 0.25) is 5.02 Å². The van der Waals surface area contributed by atoms with Crippen molar-refractivity contribution >= 4 is 38.8 Å². The van der Waals surface area contributed by atoms with Crippen molar-refractivity contribution in [2.75, 3.05) is 0 Å². The van der Waals surface area contributed by atoms with E-state index in [1.807, 2.05) is 0 Å². The highest BCUT2D eigenvalue weighted by molar-refractivity contribution is 7.89. The molecule has 1 aliphatic rings. The first-order valence-electron chi connectivity index (χ1n) is 6.59. The van der Waals surface area contributed by atoms with Crippen molar-refractivity contribution in [2.45, 2.75) is 42.7 Å². The van der Waals surface area contributed by atoms with Gasteiger partial charge in [0.2, 0.25) is 10.0 Å². The molecule has 5 nitrogen and oxygen atoms in total. The first-order chi connectivity index (χ1) is 9.79. The Labute approximate surface area is 134 Å². The van der Waals surface area contributed by atoms with Crippen molar-refractivity contribution in [3.05, 3.63) is 28.8 Å². The van der Waals surface area contributed by atoms with Gasteiger partial charge in [-0.3, -0.25) is 0 Å². The Morgan fingerprint density at radius 3 is 2.48 bits per heavy atom. The van der Waals surface area contributed by atoms with Crippen LogP contribution in [0.15, 0.2) is 23.1 Å². The number of rotatable bonds is 4. The van der Waals surface area contributed by atoms with Gasteiger partial charge < -0.3 is 10.8 Å². The largest absolute Gasteiger partial charge is 0.393 e. The minimum atomic E-state index is -3.64. The van der Waals surface area contributed by atoms with E-state index in [0.29, 0.717) is 31.2 Å². The Morgan fingerprint density at radius 2 is 1.95 bits per heavy atom. The van der Waals surface area contributed by atoms with E-state index in [0.717, 1.165) is 0 Å². The summed E-state index contributed by atoms with van der Waals surface area (Å²) in [7, 11) is -3.64. The van der Waals surface area contributed by atoms with E-state index in [1.54, 1.807) is 0 Å². The maximum Gasteiger partial charge on any atom is 0.240 e. The van der Waals surface area contributed by atoms with Gasteiger partial charge in [-0.1, -0.05) is 23.8 Å². The lowest BCUT2D eigenvalue weighted by molar-refractivity contribution is 0.120. The highest BCUT2D eigenvalue weighted by Crippen LogP contribution is 2.23. The molecule has 0 heterocycles. The molecule has 0 spiro atoms. The lowest BCUT2D eigenvalue weighted by Crippen LogP contribution is -2.38. The minimum Gasteiger partial charge on any atom is -0.393 e. The first-order valence-corrected chi connectivity index (χ1v) is 8.86. The molecule has 0 atom stereocenters. The fourth-order valence-electron chi connectivity index (χ4n) is 2.34. The van der Waals surface area contributed by atoms with Gasteiger partial charge in [-0.05, 0) is 43.9 Å². The number of hydrogen-bond acceptors (Lipinski definition) is 4. The number of halogens is 1. The zero-order valence-electron chi connectivity index (χ0n) is 11.3. The molecule has 1 aromatic rings. The molecule has 2 rings (SSSR count). The average molecular weight is 349 g/mol. The number of nitrogens with one attached hydrogen (secondary N) is 1. The molecule has 1 aliphatic carbocycles. The molecule has 0 aromatic heterocycles. The second kappa shape index (κ2) is 6.58. The van der Waals surface area contributed by atoms with E-state index in [9.17, 15) is 13.5 Å². The maximum absolute atomic E-state index is 12.3. The summed E-state index contributed by atoms with van der Waals surface area (Å²) < 4.78 is 27.3. The Kier molecular flexibility index (Phi) is 5.21. The van der Waals surface area contributed by atoms with Crippen molar-refractivity contribution < 1.29 is 13.5 Å². The molecule has 4 N–H and O–H groups in total. The smallest absolute Gasteiger partial charge is 0.240 e. The molecule has 1 aromatic carbocycles. The van der Waals surface area contributed by atoms with E-state index >= 15 is 0 Å². The van der Waals surface area contributed by atoms with Crippen molar-refractivity contribution in [3.8, 4) is 0 Å². The monoisotopic (exact) mass is 348 g/mol. The zero-order chi connectivity index (χ0) is 15.6. The number of nitrogens with two attached hydrogens (primary N) is 1. The highest BCUT2D eigenvalue weighted by Gasteiger charge is 2.25. The molecule has 21 heavy (non-hydrogen) atoms. The second-order valence-electron chi connectivity index (χ2n) is 5.13. The zero-order valence-corrected chi connectivity index (χ0v) is 13.6. The molecular weight excluding hydrogens is 332 g/mol. The summed E-state index contributed by atoms with van der Waals surface area (Å²) in [5.74, 6) is 0. The van der Waals surface area contributed by atoms with Gasteiger partial charge >= 0.3 is 0 Å². The predicted molar refractivity (Wildman–Crippen MR) is 85.9 cm³/mol. The fraction of sp³-hybridized carbons (Fsp3) is 0.462. The van der Waals surface area contributed by atoms with Gasteiger partial charge in [0.05, 0.1) is 16.0 Å². The molecule has 0 unspecified atom stereocenters. The fourth-order valence-corrected chi connectivity index (χ4v) is 4.26. The van der Waals surface area contributed by atoms with Crippen LogP contribution in [0, 0.1) is 0 Å². The lowest BCUT2D eigenvalue weighted by Gasteiger charge is -2.26. The number of hydrogen-bond donors (Lipinski definition) is 3. The lowest BCUT2D eigenvalue weighted by atomic mass is 9.94. The standard InChI is InChI=1S/C13H17ClN2O3S2/c14-12-7-10(5-6-11(12)13(15)20)21(18,19)16-8-1-3-9(17)4-2-8/h5-9,16-17H,1-4H2,(H2,15,20). The van der Waals surface area contributed by atoms with E-state index in [2.05, 4.69) is 4.72 Å². The summed E-state index contributed by atoms with van der Waals surface area (Å²) in [6, 6.07) is 4.12. The van der Waals surface area contributed by atoms with Crippen LogP contribution in [-0.4, -0.2) is 30.7 Å². The molecule has 0 bridgehead atoms. The SMILES string of the molecule is NC(=S)c1ccc(S(=O)(=O)NC2CCC(O)CC2)cc1Cl. The van der Waals surface area contributed by atoms with Crippen LogP contribution in [0.4, 0.5) is 0 Å². The molecule has 0 aliphatic heterocycles. The highest BCUT2D eigenvalue weighted by atomic mass is 35.5. The van der Waals surface area contributed by atoms with Crippen molar-refractivity contribution in [1.82, 2.24) is 4.72 Å². The van der Waals surface area contributed by atoms with Crippen LogP contribution < -0.4 is 10.5 Å². The molecular formula is C13H17ClN2O3S2. The Morgan fingerprint density at radius 1 is 1.33 bits per heavy atom. The van der Waals surface area contributed by atoms with Crippen LogP contribution in [0.5, 0.6) is 0 Å². The quantitative estimate of drug-likeness (QED) is 0.718. The van der Waals surface area contributed by atoms with E-state index in [1.165, 1.54) is 18.2 Å². The van der Waals surface area contributed by atoms with Crippen LogP contribution in [0.25, 0.3) is 0 Å². The van der Waals surface area contributed by atoms with E-state index in [-0.39, 0.29) is 27.1 Å². The number of thiocarbonyl (C=S) groups is 1. The normalized spacial score (nSPS) is 23.0. The van der Waals surface area contributed by atoms with Gasteiger partial charge in [0, 0.05) is 11.6 Å².